The van der Waals surface area contributed by atoms with Crippen molar-refractivity contribution in [1.29, 1.82) is 0 Å². The fourth-order valence-electron chi connectivity index (χ4n) is 1.79. The number of rotatable bonds is 5. The minimum absolute atomic E-state index is 0.0297. The Labute approximate surface area is 111 Å². The van der Waals surface area contributed by atoms with Gasteiger partial charge in [-0.05, 0) is 30.9 Å². The topological polar surface area (TPSA) is 97.1 Å². The lowest BCUT2D eigenvalue weighted by Gasteiger charge is -2.11. The lowest BCUT2D eigenvalue weighted by molar-refractivity contribution is 0.0940. The minimum atomic E-state index is -0.275. The van der Waals surface area contributed by atoms with Crippen molar-refractivity contribution in [3.8, 4) is 0 Å². The zero-order chi connectivity index (χ0) is 13.8. The van der Waals surface area contributed by atoms with Crippen LogP contribution in [0.3, 0.4) is 0 Å². The fourth-order valence-corrected chi connectivity index (χ4v) is 1.79. The molecule has 6 heteroatoms. The van der Waals surface area contributed by atoms with E-state index in [4.69, 9.17) is 5.73 Å². The van der Waals surface area contributed by atoms with Crippen molar-refractivity contribution >= 4 is 11.8 Å². The number of nitrogens with two attached hydrogens (primary N) is 1. The number of pyridine rings is 1. The van der Waals surface area contributed by atoms with Gasteiger partial charge in [0.1, 0.15) is 5.69 Å². The van der Waals surface area contributed by atoms with Crippen molar-refractivity contribution in [2.45, 2.75) is 18.9 Å². The average molecular weight is 262 g/mol. The summed E-state index contributed by atoms with van der Waals surface area (Å²) in [5.41, 5.74) is 6.62. The van der Waals surface area contributed by atoms with Crippen molar-refractivity contribution in [2.24, 2.45) is 11.7 Å². The highest BCUT2D eigenvalue weighted by Gasteiger charge is 2.28. The number of aromatic nitrogens is 1. The molecule has 1 aromatic rings. The van der Waals surface area contributed by atoms with Gasteiger partial charge in [-0.2, -0.15) is 0 Å². The molecule has 1 fully saturated rings. The molecule has 0 saturated heterocycles. The second kappa shape index (κ2) is 5.79. The lowest BCUT2D eigenvalue weighted by Crippen LogP contribution is -2.38. The summed E-state index contributed by atoms with van der Waals surface area (Å²) in [6, 6.07) is 3.13. The molecular formula is C13H18N4O2. The molecule has 0 radical (unpaired) electrons. The van der Waals surface area contributed by atoms with E-state index in [0.717, 1.165) is 12.8 Å². The Morgan fingerprint density at radius 2 is 2.16 bits per heavy atom. The van der Waals surface area contributed by atoms with E-state index in [1.807, 2.05) is 0 Å². The van der Waals surface area contributed by atoms with Gasteiger partial charge < -0.3 is 16.4 Å². The van der Waals surface area contributed by atoms with Crippen molar-refractivity contribution in [2.75, 3.05) is 13.6 Å². The standard InChI is InChI=1S/C13H18N4O2/c1-15-13(19)11-5-4-9(6-16-11)12(18)17-7-10(14)8-2-3-8/h4-6,8,10H,2-3,7,14H2,1H3,(H,15,19)(H,17,18). The number of carbonyl (C=O) groups is 2. The normalized spacial score (nSPS) is 15.7. The van der Waals surface area contributed by atoms with Gasteiger partial charge in [0.2, 0.25) is 0 Å². The Hall–Kier alpha value is -1.95. The SMILES string of the molecule is CNC(=O)c1ccc(C(=O)NCC(N)C2CC2)cn1. The third-order valence-corrected chi connectivity index (χ3v) is 3.21. The molecule has 0 aliphatic heterocycles. The van der Waals surface area contributed by atoms with Crippen LogP contribution in [-0.4, -0.2) is 36.4 Å². The number of amides is 2. The Balaban J connectivity index is 1.89. The van der Waals surface area contributed by atoms with Gasteiger partial charge in [0, 0.05) is 25.8 Å². The highest BCUT2D eigenvalue weighted by molar-refractivity contribution is 5.96. The molecule has 1 aliphatic rings. The molecule has 2 rings (SSSR count). The third-order valence-electron chi connectivity index (χ3n) is 3.21. The number of nitrogens with one attached hydrogen (secondary N) is 2. The molecule has 4 N–H and O–H groups in total. The van der Waals surface area contributed by atoms with E-state index in [2.05, 4.69) is 15.6 Å². The second-order valence-electron chi connectivity index (χ2n) is 4.72. The van der Waals surface area contributed by atoms with Gasteiger partial charge in [0.05, 0.1) is 5.56 Å². The molecule has 1 unspecified atom stereocenters. The molecule has 0 bridgehead atoms. The first-order valence-corrected chi connectivity index (χ1v) is 6.33. The van der Waals surface area contributed by atoms with Gasteiger partial charge in [0.15, 0.2) is 0 Å². The van der Waals surface area contributed by atoms with Crippen LogP contribution in [0.1, 0.15) is 33.7 Å². The average Bonchev–Trinajstić information content (AvgIpc) is 3.28. The van der Waals surface area contributed by atoms with Gasteiger partial charge in [-0.3, -0.25) is 14.6 Å². The second-order valence-corrected chi connectivity index (χ2v) is 4.72. The van der Waals surface area contributed by atoms with Crippen molar-refractivity contribution in [3.63, 3.8) is 0 Å². The monoisotopic (exact) mass is 262 g/mol. The Morgan fingerprint density at radius 1 is 1.42 bits per heavy atom. The maximum Gasteiger partial charge on any atom is 0.269 e. The van der Waals surface area contributed by atoms with Crippen molar-refractivity contribution in [1.82, 2.24) is 15.6 Å². The van der Waals surface area contributed by atoms with E-state index in [-0.39, 0.29) is 23.6 Å². The first-order chi connectivity index (χ1) is 9.11. The fraction of sp³-hybridized carbons (Fsp3) is 0.462. The predicted octanol–water partition coefficient (Wildman–Crippen LogP) is -0.0917. The van der Waals surface area contributed by atoms with Gasteiger partial charge in [-0.15, -0.1) is 0 Å². The first kappa shape index (κ1) is 13.5. The predicted molar refractivity (Wildman–Crippen MR) is 70.7 cm³/mol. The third kappa shape index (κ3) is 3.51. The largest absolute Gasteiger partial charge is 0.354 e. The van der Waals surface area contributed by atoms with Crippen LogP contribution in [0.25, 0.3) is 0 Å². The summed E-state index contributed by atoms with van der Waals surface area (Å²) in [5.74, 6) is 0.0591. The quantitative estimate of drug-likeness (QED) is 0.690. The molecule has 102 valence electrons. The Morgan fingerprint density at radius 3 is 2.68 bits per heavy atom. The van der Waals surface area contributed by atoms with E-state index < -0.39 is 0 Å². The summed E-state index contributed by atoms with van der Waals surface area (Å²) in [6.07, 6.45) is 3.70. The molecule has 0 spiro atoms. The van der Waals surface area contributed by atoms with Crippen LogP contribution in [0, 0.1) is 5.92 Å². The molecule has 1 aliphatic carbocycles. The Bertz CT molecular complexity index is 468. The van der Waals surface area contributed by atoms with Crippen LogP contribution in [0.15, 0.2) is 18.3 Å². The minimum Gasteiger partial charge on any atom is -0.354 e. The van der Waals surface area contributed by atoms with Gasteiger partial charge in [-0.25, -0.2) is 0 Å². The molecule has 1 aromatic heterocycles. The zero-order valence-corrected chi connectivity index (χ0v) is 10.8. The van der Waals surface area contributed by atoms with Crippen LogP contribution < -0.4 is 16.4 Å². The lowest BCUT2D eigenvalue weighted by atomic mass is 10.2. The van der Waals surface area contributed by atoms with Crippen molar-refractivity contribution < 1.29 is 9.59 Å². The van der Waals surface area contributed by atoms with Crippen LogP contribution >= 0.6 is 0 Å². The number of carbonyl (C=O) groups excluding carboxylic acids is 2. The smallest absolute Gasteiger partial charge is 0.269 e. The molecule has 1 saturated carbocycles. The van der Waals surface area contributed by atoms with E-state index >= 15 is 0 Å². The van der Waals surface area contributed by atoms with Crippen LogP contribution in [0.5, 0.6) is 0 Å². The maximum absolute atomic E-state index is 11.8. The van der Waals surface area contributed by atoms with Crippen molar-refractivity contribution in [3.05, 3.63) is 29.6 Å². The molecule has 1 heterocycles. The highest BCUT2D eigenvalue weighted by Crippen LogP contribution is 2.31. The van der Waals surface area contributed by atoms with E-state index in [0.29, 0.717) is 18.0 Å². The molecule has 0 aromatic carbocycles. The summed E-state index contributed by atoms with van der Waals surface area (Å²) >= 11 is 0. The van der Waals surface area contributed by atoms with E-state index in [9.17, 15) is 9.59 Å². The molecule has 6 nitrogen and oxygen atoms in total. The number of hydrogen-bond acceptors (Lipinski definition) is 4. The summed E-state index contributed by atoms with van der Waals surface area (Å²) in [7, 11) is 1.53. The summed E-state index contributed by atoms with van der Waals surface area (Å²) < 4.78 is 0. The van der Waals surface area contributed by atoms with Crippen LogP contribution in [-0.2, 0) is 0 Å². The van der Waals surface area contributed by atoms with E-state index in [1.165, 1.54) is 19.3 Å². The van der Waals surface area contributed by atoms with Crippen LogP contribution in [0.4, 0.5) is 0 Å². The Kier molecular flexibility index (Phi) is 4.11. The molecule has 19 heavy (non-hydrogen) atoms. The number of hydrogen-bond donors (Lipinski definition) is 3. The molecular weight excluding hydrogens is 244 g/mol. The molecule has 2 amide bonds. The molecule has 1 atom stereocenters. The maximum atomic E-state index is 11.8. The van der Waals surface area contributed by atoms with Gasteiger partial charge in [-0.1, -0.05) is 0 Å². The number of nitrogens with zero attached hydrogens (tertiary/aromatic N) is 1. The summed E-state index contributed by atoms with van der Waals surface area (Å²) in [5, 5.41) is 5.25. The van der Waals surface area contributed by atoms with E-state index in [1.54, 1.807) is 6.07 Å². The highest BCUT2D eigenvalue weighted by atomic mass is 16.2. The van der Waals surface area contributed by atoms with Gasteiger partial charge in [0.25, 0.3) is 11.8 Å². The first-order valence-electron chi connectivity index (χ1n) is 6.33. The summed E-state index contributed by atoms with van der Waals surface area (Å²) in [6.45, 7) is 0.473. The van der Waals surface area contributed by atoms with Gasteiger partial charge >= 0.3 is 0 Å². The van der Waals surface area contributed by atoms with Crippen LogP contribution in [0.2, 0.25) is 0 Å². The summed E-state index contributed by atoms with van der Waals surface area (Å²) in [4.78, 5) is 27.1. The zero-order valence-electron chi connectivity index (χ0n) is 10.8.